The molecule has 0 aliphatic heterocycles. The van der Waals surface area contributed by atoms with Crippen LogP contribution in [0.3, 0.4) is 0 Å². The second kappa shape index (κ2) is 7.32. The van der Waals surface area contributed by atoms with Crippen LogP contribution in [0.15, 0.2) is 48.5 Å². The van der Waals surface area contributed by atoms with Crippen molar-refractivity contribution in [2.24, 2.45) is 0 Å². The number of carbonyl (C=O) groups is 1. The second-order valence-corrected chi connectivity index (χ2v) is 6.65. The average Bonchev–Trinajstić information content (AvgIpc) is 3.37. The van der Waals surface area contributed by atoms with Gasteiger partial charge >= 0.3 is 0 Å². The zero-order valence-electron chi connectivity index (χ0n) is 13.4. The lowest BCUT2D eigenvalue weighted by molar-refractivity contribution is -0.123. The summed E-state index contributed by atoms with van der Waals surface area (Å²) in [5.41, 5.74) is 1.73. The van der Waals surface area contributed by atoms with Gasteiger partial charge in [0.1, 0.15) is 11.9 Å². The van der Waals surface area contributed by atoms with Crippen LogP contribution in [0.25, 0.3) is 0 Å². The van der Waals surface area contributed by atoms with E-state index < -0.39 is 6.04 Å². The van der Waals surface area contributed by atoms with Crippen molar-refractivity contribution >= 4 is 17.5 Å². The van der Waals surface area contributed by atoms with Crippen LogP contribution in [0, 0.1) is 5.82 Å². The first-order valence-corrected chi connectivity index (χ1v) is 8.48. The minimum absolute atomic E-state index is 0.0799. The van der Waals surface area contributed by atoms with E-state index in [1.807, 2.05) is 31.2 Å². The molecular formula is C19H20ClFN2O. The largest absolute Gasteiger partial charge is 0.352 e. The molecule has 0 aromatic heterocycles. The standard InChI is InChI=1S/C19H20ClFN2O/c1-12(14-3-2-4-15(20)11-14)22-18(19(24)23-17-9-10-17)13-5-7-16(21)8-6-13/h2-8,11-12,17-18,22H,9-10H2,1H3,(H,23,24)/t12-,18+/m0/s1. The summed E-state index contributed by atoms with van der Waals surface area (Å²) in [6.07, 6.45) is 2.04. The predicted molar refractivity (Wildman–Crippen MR) is 93.3 cm³/mol. The summed E-state index contributed by atoms with van der Waals surface area (Å²) < 4.78 is 13.2. The molecule has 1 amide bonds. The van der Waals surface area contributed by atoms with Gasteiger partial charge in [0, 0.05) is 17.1 Å². The van der Waals surface area contributed by atoms with Crippen LogP contribution in [0.4, 0.5) is 4.39 Å². The van der Waals surface area contributed by atoms with E-state index in [-0.39, 0.29) is 23.8 Å². The number of hydrogen-bond donors (Lipinski definition) is 2. The molecule has 2 aromatic carbocycles. The average molecular weight is 347 g/mol. The molecule has 3 rings (SSSR count). The minimum Gasteiger partial charge on any atom is -0.352 e. The molecular weight excluding hydrogens is 327 g/mol. The lowest BCUT2D eigenvalue weighted by Gasteiger charge is -2.24. The predicted octanol–water partition coefficient (Wildman–Crippen LogP) is 4.15. The topological polar surface area (TPSA) is 41.1 Å². The Morgan fingerprint density at radius 3 is 2.50 bits per heavy atom. The molecule has 0 spiro atoms. The van der Waals surface area contributed by atoms with Gasteiger partial charge in [-0.2, -0.15) is 0 Å². The highest BCUT2D eigenvalue weighted by molar-refractivity contribution is 6.30. The fourth-order valence-corrected chi connectivity index (χ4v) is 2.81. The number of carbonyl (C=O) groups excluding carboxylic acids is 1. The van der Waals surface area contributed by atoms with Crippen molar-refractivity contribution in [3.05, 3.63) is 70.5 Å². The van der Waals surface area contributed by atoms with E-state index in [0.717, 1.165) is 24.0 Å². The van der Waals surface area contributed by atoms with E-state index in [1.54, 1.807) is 12.1 Å². The maximum Gasteiger partial charge on any atom is 0.241 e. The number of hydrogen-bond acceptors (Lipinski definition) is 2. The molecule has 0 radical (unpaired) electrons. The SMILES string of the molecule is C[C@H](N[C@@H](C(=O)NC1CC1)c1ccc(F)cc1)c1cccc(Cl)c1. The van der Waals surface area contributed by atoms with Crippen LogP contribution >= 0.6 is 11.6 Å². The molecule has 2 N–H and O–H groups in total. The van der Waals surface area contributed by atoms with Crippen LogP contribution in [0.1, 0.15) is 43.0 Å². The first-order chi connectivity index (χ1) is 11.5. The van der Waals surface area contributed by atoms with Crippen molar-refractivity contribution < 1.29 is 9.18 Å². The van der Waals surface area contributed by atoms with Gasteiger partial charge in [0.15, 0.2) is 0 Å². The molecule has 5 heteroatoms. The van der Waals surface area contributed by atoms with Gasteiger partial charge in [-0.3, -0.25) is 10.1 Å². The third-order valence-electron chi connectivity index (χ3n) is 4.15. The van der Waals surface area contributed by atoms with Crippen LogP contribution in [0.2, 0.25) is 5.02 Å². The number of halogens is 2. The Bertz CT molecular complexity index is 716. The van der Waals surface area contributed by atoms with Crippen molar-refractivity contribution in [3.63, 3.8) is 0 Å². The molecule has 126 valence electrons. The molecule has 2 aromatic rings. The van der Waals surface area contributed by atoms with Crippen LogP contribution in [0.5, 0.6) is 0 Å². The van der Waals surface area contributed by atoms with Crippen molar-refractivity contribution in [2.75, 3.05) is 0 Å². The summed E-state index contributed by atoms with van der Waals surface area (Å²) in [4.78, 5) is 12.6. The van der Waals surface area contributed by atoms with Gasteiger partial charge in [0.2, 0.25) is 5.91 Å². The lowest BCUT2D eigenvalue weighted by atomic mass is 10.0. The van der Waals surface area contributed by atoms with E-state index >= 15 is 0 Å². The third kappa shape index (κ3) is 4.34. The van der Waals surface area contributed by atoms with E-state index in [1.165, 1.54) is 12.1 Å². The zero-order chi connectivity index (χ0) is 17.1. The minimum atomic E-state index is -0.541. The second-order valence-electron chi connectivity index (χ2n) is 6.21. The Kier molecular flexibility index (Phi) is 5.17. The molecule has 0 saturated heterocycles. The first-order valence-electron chi connectivity index (χ1n) is 8.10. The summed E-state index contributed by atoms with van der Waals surface area (Å²) in [5, 5.41) is 7.00. The quantitative estimate of drug-likeness (QED) is 0.825. The molecule has 1 aliphatic rings. The smallest absolute Gasteiger partial charge is 0.241 e. The number of nitrogens with one attached hydrogen (secondary N) is 2. The molecule has 1 saturated carbocycles. The third-order valence-corrected chi connectivity index (χ3v) is 4.39. The zero-order valence-corrected chi connectivity index (χ0v) is 14.2. The Morgan fingerprint density at radius 2 is 1.88 bits per heavy atom. The van der Waals surface area contributed by atoms with E-state index in [2.05, 4.69) is 10.6 Å². The van der Waals surface area contributed by atoms with Gasteiger partial charge in [-0.05, 0) is 55.2 Å². The fourth-order valence-electron chi connectivity index (χ4n) is 2.61. The maximum atomic E-state index is 13.2. The number of amides is 1. The molecule has 1 aliphatic carbocycles. The van der Waals surface area contributed by atoms with E-state index in [9.17, 15) is 9.18 Å². The Balaban J connectivity index is 1.80. The summed E-state index contributed by atoms with van der Waals surface area (Å²) >= 11 is 6.05. The molecule has 0 heterocycles. The first kappa shape index (κ1) is 16.9. The van der Waals surface area contributed by atoms with Gasteiger partial charge in [-0.1, -0.05) is 35.9 Å². The summed E-state index contributed by atoms with van der Waals surface area (Å²) in [6, 6.07) is 13.2. The van der Waals surface area contributed by atoms with E-state index in [0.29, 0.717) is 5.02 Å². The fraction of sp³-hybridized carbons (Fsp3) is 0.316. The van der Waals surface area contributed by atoms with Crippen molar-refractivity contribution in [2.45, 2.75) is 37.9 Å². The van der Waals surface area contributed by atoms with Crippen LogP contribution in [-0.4, -0.2) is 11.9 Å². The van der Waals surface area contributed by atoms with Crippen LogP contribution in [-0.2, 0) is 4.79 Å². The highest BCUT2D eigenvalue weighted by Crippen LogP contribution is 2.25. The monoisotopic (exact) mass is 346 g/mol. The Labute approximate surface area is 146 Å². The molecule has 3 nitrogen and oxygen atoms in total. The highest BCUT2D eigenvalue weighted by atomic mass is 35.5. The van der Waals surface area contributed by atoms with E-state index in [4.69, 9.17) is 11.6 Å². The summed E-state index contributed by atoms with van der Waals surface area (Å²) in [6.45, 7) is 1.98. The van der Waals surface area contributed by atoms with Gasteiger partial charge < -0.3 is 5.32 Å². The van der Waals surface area contributed by atoms with Crippen molar-refractivity contribution in [1.29, 1.82) is 0 Å². The highest BCUT2D eigenvalue weighted by Gasteiger charge is 2.29. The van der Waals surface area contributed by atoms with Gasteiger partial charge in [-0.15, -0.1) is 0 Å². The van der Waals surface area contributed by atoms with Crippen LogP contribution < -0.4 is 10.6 Å². The normalized spacial score (nSPS) is 16.5. The Morgan fingerprint density at radius 1 is 1.17 bits per heavy atom. The lowest BCUT2D eigenvalue weighted by Crippen LogP contribution is -2.39. The summed E-state index contributed by atoms with van der Waals surface area (Å²) in [7, 11) is 0. The molecule has 24 heavy (non-hydrogen) atoms. The van der Waals surface area contributed by atoms with Gasteiger partial charge in [-0.25, -0.2) is 4.39 Å². The van der Waals surface area contributed by atoms with Gasteiger partial charge in [0.05, 0.1) is 0 Å². The van der Waals surface area contributed by atoms with Crippen molar-refractivity contribution in [3.8, 4) is 0 Å². The number of rotatable bonds is 6. The Hall–Kier alpha value is -1.91. The maximum absolute atomic E-state index is 13.2. The van der Waals surface area contributed by atoms with Crippen molar-refractivity contribution in [1.82, 2.24) is 10.6 Å². The number of benzene rings is 2. The molecule has 0 unspecified atom stereocenters. The molecule has 1 fully saturated rings. The molecule has 2 atom stereocenters. The molecule has 0 bridgehead atoms. The van der Waals surface area contributed by atoms with Gasteiger partial charge in [0.25, 0.3) is 0 Å². The summed E-state index contributed by atoms with van der Waals surface area (Å²) in [5.74, 6) is -0.402.